The van der Waals surface area contributed by atoms with E-state index in [0.29, 0.717) is 17.4 Å². The van der Waals surface area contributed by atoms with Crippen molar-refractivity contribution in [2.45, 2.75) is 6.92 Å². The molecule has 0 atom stereocenters. The van der Waals surface area contributed by atoms with Crippen LogP contribution in [0.15, 0.2) is 46.4 Å². The maximum absolute atomic E-state index is 13.2. The molecule has 0 bridgehead atoms. The summed E-state index contributed by atoms with van der Waals surface area (Å²) in [5.74, 6) is -4.29. The summed E-state index contributed by atoms with van der Waals surface area (Å²) >= 11 is 1.07. The van der Waals surface area contributed by atoms with E-state index in [1.54, 1.807) is 24.4 Å². The lowest BCUT2D eigenvalue weighted by atomic mass is 10.1. The molecule has 1 N–H and O–H groups in total. The average molecular weight is 435 g/mol. The number of furan rings is 1. The van der Waals surface area contributed by atoms with Crippen molar-refractivity contribution in [1.29, 1.82) is 0 Å². The van der Waals surface area contributed by atoms with Crippen LogP contribution in [0.5, 0.6) is 0 Å². The SMILES string of the molecule is CCOC(=O)c1c(-c2ccco2)csc1NC(=O)COC(=O)c1ccc(F)c(F)c1. The van der Waals surface area contributed by atoms with Gasteiger partial charge in [0.15, 0.2) is 18.2 Å². The Morgan fingerprint density at radius 1 is 1.10 bits per heavy atom. The Morgan fingerprint density at radius 2 is 1.90 bits per heavy atom. The van der Waals surface area contributed by atoms with Crippen LogP contribution in [0.1, 0.15) is 27.6 Å². The number of thiophene rings is 1. The van der Waals surface area contributed by atoms with Gasteiger partial charge in [-0.3, -0.25) is 4.79 Å². The minimum atomic E-state index is -1.21. The monoisotopic (exact) mass is 435 g/mol. The van der Waals surface area contributed by atoms with Crippen molar-refractivity contribution in [2.75, 3.05) is 18.5 Å². The smallest absolute Gasteiger partial charge is 0.341 e. The third kappa shape index (κ3) is 4.71. The lowest BCUT2D eigenvalue weighted by molar-refractivity contribution is -0.119. The predicted molar refractivity (Wildman–Crippen MR) is 103 cm³/mol. The minimum Gasteiger partial charge on any atom is -0.464 e. The van der Waals surface area contributed by atoms with Gasteiger partial charge in [0.25, 0.3) is 5.91 Å². The number of hydrogen-bond donors (Lipinski definition) is 1. The van der Waals surface area contributed by atoms with Crippen LogP contribution in [0.3, 0.4) is 0 Å². The van der Waals surface area contributed by atoms with Crippen LogP contribution in [0.2, 0.25) is 0 Å². The zero-order chi connectivity index (χ0) is 21.7. The van der Waals surface area contributed by atoms with Crippen molar-refractivity contribution in [2.24, 2.45) is 0 Å². The lowest BCUT2D eigenvalue weighted by Crippen LogP contribution is -2.21. The molecule has 0 saturated carbocycles. The highest BCUT2D eigenvalue weighted by Crippen LogP contribution is 2.36. The van der Waals surface area contributed by atoms with E-state index in [-0.39, 0.29) is 22.7 Å². The number of esters is 2. The molecule has 0 aliphatic heterocycles. The summed E-state index contributed by atoms with van der Waals surface area (Å²) in [5.41, 5.74) is 0.305. The molecule has 156 valence electrons. The summed E-state index contributed by atoms with van der Waals surface area (Å²) in [4.78, 5) is 36.5. The number of carbonyl (C=O) groups excluding carboxylic acids is 3. The van der Waals surface area contributed by atoms with E-state index in [4.69, 9.17) is 13.9 Å². The maximum atomic E-state index is 13.2. The standard InChI is InChI=1S/C20H15F2NO6S/c1-2-27-20(26)17-12(15-4-3-7-28-15)10-30-18(17)23-16(24)9-29-19(25)11-5-6-13(21)14(22)8-11/h3-8,10H,2,9H2,1H3,(H,23,24). The molecule has 3 aromatic rings. The first kappa shape index (κ1) is 21.2. The number of hydrogen-bond acceptors (Lipinski definition) is 7. The Labute approximate surface area is 173 Å². The summed E-state index contributed by atoms with van der Waals surface area (Å²) in [6.45, 7) is 1.08. The summed E-state index contributed by atoms with van der Waals surface area (Å²) in [5, 5.41) is 4.29. The molecule has 1 amide bonds. The van der Waals surface area contributed by atoms with Gasteiger partial charge in [-0.2, -0.15) is 0 Å². The van der Waals surface area contributed by atoms with Gasteiger partial charge in [0, 0.05) is 10.9 Å². The van der Waals surface area contributed by atoms with Gasteiger partial charge in [0.05, 0.1) is 18.4 Å². The van der Waals surface area contributed by atoms with Crippen LogP contribution < -0.4 is 5.32 Å². The zero-order valence-corrected chi connectivity index (χ0v) is 16.4. The van der Waals surface area contributed by atoms with Gasteiger partial charge >= 0.3 is 11.9 Å². The molecule has 0 radical (unpaired) electrons. The normalized spacial score (nSPS) is 10.5. The van der Waals surface area contributed by atoms with Crippen LogP contribution >= 0.6 is 11.3 Å². The summed E-state index contributed by atoms with van der Waals surface area (Å²) in [6, 6.07) is 5.78. The third-order valence-corrected chi connectivity index (χ3v) is 4.70. The molecular formula is C20H15F2NO6S. The molecule has 0 aliphatic carbocycles. The number of benzene rings is 1. The second-order valence-electron chi connectivity index (χ2n) is 5.80. The highest BCUT2D eigenvalue weighted by Gasteiger charge is 2.24. The van der Waals surface area contributed by atoms with Crippen LogP contribution in [0, 0.1) is 11.6 Å². The number of nitrogens with one attached hydrogen (secondary N) is 1. The fourth-order valence-electron chi connectivity index (χ4n) is 2.47. The van der Waals surface area contributed by atoms with Crippen LogP contribution in [0.25, 0.3) is 11.3 Å². The second kappa shape index (κ2) is 9.31. The third-order valence-electron chi connectivity index (χ3n) is 3.80. The first-order chi connectivity index (χ1) is 14.4. The Hall–Kier alpha value is -3.53. The molecule has 0 unspecified atom stereocenters. The van der Waals surface area contributed by atoms with Gasteiger partial charge in [-0.05, 0) is 37.3 Å². The molecule has 1 aromatic carbocycles. The number of rotatable bonds is 7. The molecule has 30 heavy (non-hydrogen) atoms. The number of ether oxygens (including phenoxy) is 2. The van der Waals surface area contributed by atoms with Gasteiger partial charge in [0.2, 0.25) is 0 Å². The minimum absolute atomic E-state index is 0.108. The average Bonchev–Trinajstić information content (AvgIpc) is 3.38. The Balaban J connectivity index is 1.71. The quantitative estimate of drug-likeness (QED) is 0.558. The van der Waals surface area contributed by atoms with E-state index in [0.717, 1.165) is 23.5 Å². The van der Waals surface area contributed by atoms with Crippen LogP contribution in [0.4, 0.5) is 13.8 Å². The van der Waals surface area contributed by atoms with Gasteiger partial charge in [-0.1, -0.05) is 0 Å². The Bertz CT molecular complexity index is 1080. The van der Waals surface area contributed by atoms with E-state index >= 15 is 0 Å². The molecule has 0 fully saturated rings. The fraction of sp³-hybridized carbons (Fsp3) is 0.150. The van der Waals surface area contributed by atoms with Gasteiger partial charge in [-0.25, -0.2) is 18.4 Å². The second-order valence-corrected chi connectivity index (χ2v) is 6.68. The van der Waals surface area contributed by atoms with E-state index in [2.05, 4.69) is 5.32 Å². The molecule has 0 spiro atoms. The molecule has 3 rings (SSSR count). The molecule has 10 heteroatoms. The molecule has 0 saturated heterocycles. The zero-order valence-electron chi connectivity index (χ0n) is 15.6. The van der Waals surface area contributed by atoms with Crippen molar-refractivity contribution < 1.29 is 37.1 Å². The number of carbonyl (C=O) groups is 3. The van der Waals surface area contributed by atoms with E-state index in [1.807, 2.05) is 0 Å². The van der Waals surface area contributed by atoms with Gasteiger partial charge < -0.3 is 19.2 Å². The van der Waals surface area contributed by atoms with Gasteiger partial charge in [-0.15, -0.1) is 11.3 Å². The van der Waals surface area contributed by atoms with E-state index in [1.165, 1.54) is 6.26 Å². The largest absolute Gasteiger partial charge is 0.464 e. The fourth-order valence-corrected chi connectivity index (χ4v) is 3.42. The number of halogens is 2. The Morgan fingerprint density at radius 3 is 2.57 bits per heavy atom. The topological polar surface area (TPSA) is 94.8 Å². The molecule has 2 aromatic heterocycles. The first-order valence-corrected chi connectivity index (χ1v) is 9.53. The van der Waals surface area contributed by atoms with Crippen molar-refractivity contribution >= 4 is 34.2 Å². The summed E-state index contributed by atoms with van der Waals surface area (Å²) < 4.78 is 41.3. The van der Waals surface area contributed by atoms with E-state index in [9.17, 15) is 23.2 Å². The molecule has 0 aliphatic rings. The first-order valence-electron chi connectivity index (χ1n) is 8.65. The van der Waals surface area contributed by atoms with Crippen LogP contribution in [-0.2, 0) is 14.3 Å². The van der Waals surface area contributed by atoms with Crippen molar-refractivity contribution in [3.8, 4) is 11.3 Å². The Kier molecular flexibility index (Phi) is 6.58. The van der Waals surface area contributed by atoms with Crippen molar-refractivity contribution in [3.05, 3.63) is 64.7 Å². The maximum Gasteiger partial charge on any atom is 0.341 e. The van der Waals surface area contributed by atoms with Crippen molar-refractivity contribution in [3.63, 3.8) is 0 Å². The van der Waals surface area contributed by atoms with Gasteiger partial charge in [0.1, 0.15) is 16.3 Å². The summed E-state index contributed by atoms with van der Waals surface area (Å²) in [6.07, 6.45) is 1.44. The number of anilines is 1. The number of amides is 1. The molecule has 7 nitrogen and oxygen atoms in total. The highest BCUT2D eigenvalue weighted by molar-refractivity contribution is 7.15. The summed E-state index contributed by atoms with van der Waals surface area (Å²) in [7, 11) is 0. The van der Waals surface area contributed by atoms with Crippen molar-refractivity contribution in [1.82, 2.24) is 0 Å². The van der Waals surface area contributed by atoms with Crippen LogP contribution in [-0.4, -0.2) is 31.1 Å². The van der Waals surface area contributed by atoms with E-state index < -0.39 is 36.1 Å². The highest BCUT2D eigenvalue weighted by atomic mass is 32.1. The molecular weight excluding hydrogens is 420 g/mol. The lowest BCUT2D eigenvalue weighted by Gasteiger charge is -2.08. The molecule has 2 heterocycles. The predicted octanol–water partition coefficient (Wildman–Crippen LogP) is 4.26.